The van der Waals surface area contributed by atoms with Crippen molar-refractivity contribution in [2.24, 2.45) is 5.92 Å². The number of para-hydroxylation sites is 1. The maximum atomic E-state index is 12.8. The van der Waals surface area contributed by atoms with Gasteiger partial charge < -0.3 is 15.0 Å². The van der Waals surface area contributed by atoms with Gasteiger partial charge in [-0.1, -0.05) is 41.9 Å². The Morgan fingerprint density at radius 3 is 2.67 bits per heavy atom. The van der Waals surface area contributed by atoms with Crippen molar-refractivity contribution < 1.29 is 14.3 Å². The van der Waals surface area contributed by atoms with Gasteiger partial charge in [0.2, 0.25) is 5.91 Å². The molecule has 1 saturated heterocycles. The summed E-state index contributed by atoms with van der Waals surface area (Å²) in [6, 6.07) is 15.4. The summed E-state index contributed by atoms with van der Waals surface area (Å²) in [5.74, 6) is 1.46. The van der Waals surface area contributed by atoms with Crippen molar-refractivity contribution in [3.05, 3.63) is 64.7 Å². The zero-order valence-electron chi connectivity index (χ0n) is 17.0. The Morgan fingerprint density at radius 2 is 1.90 bits per heavy atom. The second kappa shape index (κ2) is 9.52. The SMILES string of the molecule is O=C(CCC1CCN(C(=O)[C@@H]2Cc3ccccc3O2)CC1)NCc1cccc(Cl)c1. The van der Waals surface area contributed by atoms with E-state index in [4.69, 9.17) is 16.3 Å². The molecule has 2 aromatic carbocycles. The van der Waals surface area contributed by atoms with Crippen LogP contribution in [0.2, 0.25) is 5.02 Å². The van der Waals surface area contributed by atoms with E-state index in [0.717, 1.165) is 49.2 Å². The number of piperidine rings is 1. The molecule has 2 aliphatic rings. The summed E-state index contributed by atoms with van der Waals surface area (Å²) in [5, 5.41) is 3.64. The largest absolute Gasteiger partial charge is 0.480 e. The highest BCUT2D eigenvalue weighted by atomic mass is 35.5. The molecule has 30 heavy (non-hydrogen) atoms. The van der Waals surface area contributed by atoms with Crippen LogP contribution in [0.5, 0.6) is 5.75 Å². The Labute approximate surface area is 182 Å². The van der Waals surface area contributed by atoms with E-state index in [0.29, 0.717) is 30.3 Å². The number of carbonyl (C=O) groups excluding carboxylic acids is 2. The standard InChI is InChI=1S/C24H27ClN2O3/c25-20-6-3-4-18(14-20)16-26-23(28)9-8-17-10-12-27(13-11-17)24(29)22-15-19-5-1-2-7-21(19)30-22/h1-7,14,17,22H,8-13,15-16H2,(H,26,28)/t22-/m0/s1. The van der Waals surface area contributed by atoms with Crippen LogP contribution in [0.4, 0.5) is 0 Å². The summed E-state index contributed by atoms with van der Waals surface area (Å²) < 4.78 is 5.85. The normalized spacial score (nSPS) is 18.6. The van der Waals surface area contributed by atoms with Crippen LogP contribution < -0.4 is 10.1 Å². The maximum absolute atomic E-state index is 12.8. The van der Waals surface area contributed by atoms with Gasteiger partial charge in [-0.2, -0.15) is 0 Å². The topological polar surface area (TPSA) is 58.6 Å². The minimum atomic E-state index is -0.392. The molecule has 0 unspecified atom stereocenters. The molecule has 1 atom stereocenters. The third-order valence-corrected chi connectivity index (χ3v) is 6.24. The van der Waals surface area contributed by atoms with Crippen molar-refractivity contribution in [2.75, 3.05) is 13.1 Å². The van der Waals surface area contributed by atoms with Crippen LogP contribution in [0.1, 0.15) is 36.8 Å². The number of halogens is 1. The quantitative estimate of drug-likeness (QED) is 0.760. The van der Waals surface area contributed by atoms with Gasteiger partial charge in [0.1, 0.15) is 5.75 Å². The fraction of sp³-hybridized carbons (Fsp3) is 0.417. The first-order valence-corrected chi connectivity index (χ1v) is 11.0. The molecule has 0 saturated carbocycles. The second-order valence-electron chi connectivity index (χ2n) is 8.13. The Hall–Kier alpha value is -2.53. The Kier molecular flexibility index (Phi) is 6.58. The lowest BCUT2D eigenvalue weighted by atomic mass is 9.91. The molecule has 4 rings (SSSR count). The van der Waals surface area contributed by atoms with E-state index < -0.39 is 6.10 Å². The van der Waals surface area contributed by atoms with Crippen molar-refractivity contribution in [2.45, 2.75) is 44.8 Å². The summed E-state index contributed by atoms with van der Waals surface area (Å²) in [7, 11) is 0. The van der Waals surface area contributed by atoms with Crippen LogP contribution >= 0.6 is 11.6 Å². The number of fused-ring (bicyclic) bond motifs is 1. The van der Waals surface area contributed by atoms with Crippen molar-refractivity contribution in [1.82, 2.24) is 10.2 Å². The first-order chi connectivity index (χ1) is 14.6. The number of ether oxygens (including phenoxy) is 1. The molecule has 2 aromatic rings. The van der Waals surface area contributed by atoms with Gasteiger partial charge in [0, 0.05) is 37.5 Å². The summed E-state index contributed by atoms with van der Waals surface area (Å²) in [6.45, 7) is 1.98. The molecule has 1 fully saturated rings. The number of hydrogen-bond donors (Lipinski definition) is 1. The number of benzene rings is 2. The van der Waals surface area contributed by atoms with E-state index >= 15 is 0 Å². The number of amides is 2. The molecule has 1 N–H and O–H groups in total. The highest BCUT2D eigenvalue weighted by Crippen LogP contribution is 2.30. The van der Waals surface area contributed by atoms with Crippen LogP contribution in [-0.2, 0) is 22.6 Å². The zero-order chi connectivity index (χ0) is 20.9. The third kappa shape index (κ3) is 5.14. The van der Waals surface area contributed by atoms with Gasteiger partial charge in [-0.15, -0.1) is 0 Å². The first kappa shape index (κ1) is 20.7. The number of likely N-dealkylation sites (tertiary alicyclic amines) is 1. The Morgan fingerprint density at radius 1 is 1.10 bits per heavy atom. The Bertz CT molecular complexity index is 884. The van der Waals surface area contributed by atoms with Gasteiger partial charge in [0.25, 0.3) is 5.91 Å². The van der Waals surface area contributed by atoms with Crippen LogP contribution in [0.3, 0.4) is 0 Å². The molecule has 0 bridgehead atoms. The molecule has 0 radical (unpaired) electrons. The maximum Gasteiger partial charge on any atom is 0.263 e. The lowest BCUT2D eigenvalue weighted by Crippen LogP contribution is -2.45. The van der Waals surface area contributed by atoms with E-state index in [1.807, 2.05) is 53.4 Å². The number of nitrogens with one attached hydrogen (secondary N) is 1. The van der Waals surface area contributed by atoms with E-state index in [1.54, 1.807) is 0 Å². The summed E-state index contributed by atoms with van der Waals surface area (Å²) in [6.07, 6.45) is 3.51. The van der Waals surface area contributed by atoms with Crippen LogP contribution in [-0.4, -0.2) is 35.9 Å². The van der Waals surface area contributed by atoms with E-state index in [2.05, 4.69) is 5.32 Å². The van der Waals surface area contributed by atoms with Gasteiger partial charge in [-0.3, -0.25) is 9.59 Å². The van der Waals surface area contributed by atoms with Crippen LogP contribution in [0.25, 0.3) is 0 Å². The van der Waals surface area contributed by atoms with Crippen molar-refractivity contribution >= 4 is 23.4 Å². The molecule has 2 heterocycles. The molecule has 0 spiro atoms. The van der Waals surface area contributed by atoms with Crippen molar-refractivity contribution in [1.29, 1.82) is 0 Å². The van der Waals surface area contributed by atoms with E-state index in [-0.39, 0.29) is 11.8 Å². The smallest absolute Gasteiger partial charge is 0.263 e. The molecule has 0 aliphatic carbocycles. The minimum Gasteiger partial charge on any atom is -0.480 e. The van der Waals surface area contributed by atoms with E-state index in [1.165, 1.54) is 0 Å². The monoisotopic (exact) mass is 426 g/mol. The van der Waals surface area contributed by atoms with Crippen LogP contribution in [0.15, 0.2) is 48.5 Å². The van der Waals surface area contributed by atoms with Gasteiger partial charge in [0.15, 0.2) is 6.10 Å². The van der Waals surface area contributed by atoms with Gasteiger partial charge in [0.05, 0.1) is 0 Å². The van der Waals surface area contributed by atoms with Gasteiger partial charge in [-0.25, -0.2) is 0 Å². The summed E-state index contributed by atoms with van der Waals surface area (Å²) >= 11 is 5.97. The zero-order valence-corrected chi connectivity index (χ0v) is 17.7. The number of hydrogen-bond acceptors (Lipinski definition) is 3. The molecular weight excluding hydrogens is 400 g/mol. The molecule has 2 aliphatic heterocycles. The van der Waals surface area contributed by atoms with Crippen molar-refractivity contribution in [3.8, 4) is 5.75 Å². The average molecular weight is 427 g/mol. The second-order valence-corrected chi connectivity index (χ2v) is 8.57. The van der Waals surface area contributed by atoms with Gasteiger partial charge >= 0.3 is 0 Å². The van der Waals surface area contributed by atoms with Crippen molar-refractivity contribution in [3.63, 3.8) is 0 Å². The summed E-state index contributed by atoms with van der Waals surface area (Å²) in [4.78, 5) is 26.9. The van der Waals surface area contributed by atoms with Gasteiger partial charge in [-0.05, 0) is 54.5 Å². The molecular formula is C24H27ClN2O3. The van der Waals surface area contributed by atoms with Crippen LogP contribution in [0, 0.1) is 5.92 Å². The lowest BCUT2D eigenvalue weighted by Gasteiger charge is -2.33. The fourth-order valence-electron chi connectivity index (χ4n) is 4.24. The van der Waals surface area contributed by atoms with E-state index in [9.17, 15) is 9.59 Å². The molecule has 158 valence electrons. The fourth-order valence-corrected chi connectivity index (χ4v) is 4.45. The highest BCUT2D eigenvalue weighted by Gasteiger charge is 2.33. The molecule has 2 amide bonds. The number of rotatable bonds is 6. The number of nitrogens with zero attached hydrogens (tertiary/aromatic N) is 1. The molecule has 6 heteroatoms. The molecule has 0 aromatic heterocycles. The predicted molar refractivity (Wildman–Crippen MR) is 116 cm³/mol. The number of carbonyl (C=O) groups is 2. The highest BCUT2D eigenvalue weighted by molar-refractivity contribution is 6.30. The predicted octanol–water partition coefficient (Wildman–Crippen LogP) is 3.98. The summed E-state index contributed by atoms with van der Waals surface area (Å²) in [5.41, 5.74) is 2.11. The third-order valence-electron chi connectivity index (χ3n) is 6.01. The first-order valence-electron chi connectivity index (χ1n) is 10.6. The molecule has 5 nitrogen and oxygen atoms in total. The average Bonchev–Trinajstić information content (AvgIpc) is 3.20. The minimum absolute atomic E-state index is 0.0607. The lowest BCUT2D eigenvalue weighted by molar-refractivity contribution is -0.139. The Balaban J connectivity index is 1.16.